The molecule has 21 heavy (non-hydrogen) atoms. The van der Waals surface area contributed by atoms with E-state index in [0.717, 1.165) is 17.4 Å². The molecule has 5 nitrogen and oxygen atoms in total. The van der Waals surface area contributed by atoms with Crippen molar-refractivity contribution in [3.63, 3.8) is 0 Å². The third-order valence-corrected chi connectivity index (χ3v) is 3.89. The molecular formula is C13H17F3N4O. The van der Waals surface area contributed by atoms with E-state index in [1.54, 1.807) is 11.0 Å². The maximum absolute atomic E-state index is 13.5. The number of nitriles is 1. The number of aromatic nitrogens is 2. The summed E-state index contributed by atoms with van der Waals surface area (Å²) in [6, 6.07) is 1.63. The number of hydrogen-bond donors (Lipinski definition) is 1. The predicted octanol–water partition coefficient (Wildman–Crippen LogP) is 1.41. The van der Waals surface area contributed by atoms with E-state index >= 15 is 0 Å². The van der Waals surface area contributed by atoms with E-state index in [2.05, 4.69) is 4.98 Å². The number of hydrogen-bond acceptors (Lipinski definition) is 4. The first-order valence-corrected chi connectivity index (χ1v) is 6.69. The van der Waals surface area contributed by atoms with Gasteiger partial charge in [-0.15, -0.1) is 0 Å². The largest absolute Gasteiger partial charge is 0.425 e. The second kappa shape index (κ2) is 5.66. The van der Waals surface area contributed by atoms with Crippen molar-refractivity contribution in [2.45, 2.75) is 24.6 Å². The molecule has 1 aliphatic rings. The van der Waals surface area contributed by atoms with Crippen LogP contribution >= 0.6 is 0 Å². The third-order valence-electron chi connectivity index (χ3n) is 3.89. The van der Waals surface area contributed by atoms with Crippen LogP contribution in [-0.4, -0.2) is 45.4 Å². The number of rotatable bonds is 4. The molecule has 1 N–H and O–H groups in total. The van der Waals surface area contributed by atoms with Crippen LogP contribution in [-0.2, 0) is 12.6 Å². The second-order valence-corrected chi connectivity index (χ2v) is 5.32. The van der Waals surface area contributed by atoms with Crippen LogP contribution in [0, 0.1) is 17.2 Å². The lowest BCUT2D eigenvalue weighted by atomic mass is 9.86. The first kappa shape index (κ1) is 15.8. The summed E-state index contributed by atoms with van der Waals surface area (Å²) in [4.78, 5) is 5.39. The van der Waals surface area contributed by atoms with Crippen molar-refractivity contribution in [1.29, 1.82) is 5.26 Å². The van der Waals surface area contributed by atoms with Crippen LogP contribution in [0.5, 0.6) is 0 Å². The molecule has 1 aromatic heterocycles. The molecule has 1 aromatic rings. The zero-order valence-electron chi connectivity index (χ0n) is 11.6. The molecule has 0 radical (unpaired) electrons. The van der Waals surface area contributed by atoms with Gasteiger partial charge in [-0.2, -0.15) is 18.4 Å². The summed E-state index contributed by atoms with van der Waals surface area (Å²) in [5, 5.41) is 19.6. The molecule has 1 saturated heterocycles. The molecule has 1 aliphatic heterocycles. The van der Waals surface area contributed by atoms with Gasteiger partial charge in [0.05, 0.1) is 6.07 Å². The van der Waals surface area contributed by atoms with Crippen molar-refractivity contribution in [1.82, 2.24) is 14.5 Å². The summed E-state index contributed by atoms with van der Waals surface area (Å²) in [6.07, 6.45) is -0.700. The van der Waals surface area contributed by atoms with Gasteiger partial charge in [-0.05, 0) is 25.9 Å². The van der Waals surface area contributed by atoms with Gasteiger partial charge in [0.15, 0.2) is 5.82 Å². The number of imidazole rings is 1. The van der Waals surface area contributed by atoms with Gasteiger partial charge in [-0.3, -0.25) is 0 Å². The number of nitrogens with zero attached hydrogens (tertiary/aromatic N) is 4. The molecule has 0 bridgehead atoms. The van der Waals surface area contributed by atoms with Gasteiger partial charge in [0.1, 0.15) is 5.92 Å². The van der Waals surface area contributed by atoms with E-state index in [1.807, 2.05) is 0 Å². The highest BCUT2D eigenvalue weighted by Crippen LogP contribution is 2.44. The number of likely N-dealkylation sites (tertiary alicyclic amines) is 1. The number of aliphatic hydroxyl groups is 1. The Balaban J connectivity index is 2.39. The van der Waals surface area contributed by atoms with Gasteiger partial charge in [-0.25, -0.2) is 4.98 Å². The fourth-order valence-corrected chi connectivity index (χ4v) is 2.70. The smallest absolute Gasteiger partial charge is 0.373 e. The molecule has 0 saturated carbocycles. The zero-order valence-corrected chi connectivity index (χ0v) is 11.6. The maximum atomic E-state index is 13.5. The Kier molecular flexibility index (Phi) is 4.25. The van der Waals surface area contributed by atoms with E-state index in [0.29, 0.717) is 13.1 Å². The molecule has 1 fully saturated rings. The van der Waals surface area contributed by atoms with Crippen molar-refractivity contribution < 1.29 is 18.3 Å². The summed E-state index contributed by atoms with van der Waals surface area (Å²) in [7, 11) is 1.36. The normalized spacial score (nSPS) is 21.0. The monoisotopic (exact) mass is 302 g/mol. The van der Waals surface area contributed by atoms with Gasteiger partial charge in [0.2, 0.25) is 5.60 Å². The van der Waals surface area contributed by atoms with Crippen LogP contribution in [0.15, 0.2) is 12.4 Å². The highest BCUT2D eigenvalue weighted by molar-refractivity contribution is 5.16. The maximum Gasteiger partial charge on any atom is 0.425 e. The average Bonchev–Trinajstić information content (AvgIpc) is 3.05. The minimum absolute atomic E-state index is 0.126. The Morgan fingerprint density at radius 2 is 2.05 bits per heavy atom. The molecule has 0 aliphatic carbocycles. The molecule has 2 atom stereocenters. The Bertz CT molecular complexity index is 530. The van der Waals surface area contributed by atoms with Crippen molar-refractivity contribution >= 4 is 0 Å². The average molecular weight is 302 g/mol. The summed E-state index contributed by atoms with van der Waals surface area (Å²) >= 11 is 0. The minimum atomic E-state index is -4.98. The molecule has 2 unspecified atom stereocenters. The third kappa shape index (κ3) is 2.76. The molecule has 0 spiro atoms. The highest BCUT2D eigenvalue weighted by Gasteiger charge is 2.62. The summed E-state index contributed by atoms with van der Waals surface area (Å²) < 4.78 is 41.6. The molecule has 2 rings (SSSR count). The lowest BCUT2D eigenvalue weighted by Crippen LogP contribution is -2.52. The van der Waals surface area contributed by atoms with Crippen molar-refractivity contribution in [2.75, 3.05) is 19.6 Å². The molecule has 2 heterocycles. The second-order valence-electron chi connectivity index (χ2n) is 5.32. The van der Waals surface area contributed by atoms with Crippen LogP contribution in [0.3, 0.4) is 0 Å². The molecule has 0 amide bonds. The number of halogens is 3. The first-order valence-electron chi connectivity index (χ1n) is 6.69. The fourth-order valence-electron chi connectivity index (χ4n) is 2.70. The Morgan fingerprint density at radius 1 is 1.43 bits per heavy atom. The molecule has 8 heteroatoms. The zero-order chi connectivity index (χ0) is 15.7. The fraction of sp³-hybridized carbons (Fsp3) is 0.692. The number of aryl methyl sites for hydroxylation is 1. The van der Waals surface area contributed by atoms with Crippen LogP contribution in [0.2, 0.25) is 0 Å². The van der Waals surface area contributed by atoms with Crippen LogP contribution in [0.4, 0.5) is 13.2 Å². The van der Waals surface area contributed by atoms with Gasteiger partial charge < -0.3 is 14.6 Å². The Hall–Kier alpha value is -1.59. The van der Waals surface area contributed by atoms with Gasteiger partial charge >= 0.3 is 6.18 Å². The standard InChI is InChI=1S/C13H17F3N4O/c1-19-7-4-18-11(19)12(21,13(14,15)16)10(8-17)9-20-5-2-3-6-20/h4,7,10,21H,2-3,5-6,9H2,1H3. The van der Waals surface area contributed by atoms with E-state index < -0.39 is 23.5 Å². The molecule has 116 valence electrons. The van der Waals surface area contributed by atoms with Crippen molar-refractivity contribution in [3.05, 3.63) is 18.2 Å². The topological polar surface area (TPSA) is 65.1 Å². The van der Waals surface area contributed by atoms with E-state index in [-0.39, 0.29) is 6.54 Å². The Morgan fingerprint density at radius 3 is 2.48 bits per heavy atom. The van der Waals surface area contributed by atoms with Crippen LogP contribution in [0.25, 0.3) is 0 Å². The summed E-state index contributed by atoms with van der Waals surface area (Å²) in [5.41, 5.74) is -3.28. The highest BCUT2D eigenvalue weighted by atomic mass is 19.4. The predicted molar refractivity (Wildman–Crippen MR) is 67.9 cm³/mol. The van der Waals surface area contributed by atoms with Gasteiger partial charge in [-0.1, -0.05) is 0 Å². The van der Waals surface area contributed by atoms with Crippen molar-refractivity contribution in [2.24, 2.45) is 13.0 Å². The van der Waals surface area contributed by atoms with Gasteiger partial charge in [0, 0.05) is 26.0 Å². The number of alkyl halides is 3. The van der Waals surface area contributed by atoms with Gasteiger partial charge in [0.25, 0.3) is 0 Å². The van der Waals surface area contributed by atoms with E-state index in [1.165, 1.54) is 19.4 Å². The SMILES string of the molecule is Cn1ccnc1C(O)(C(C#N)CN1CCCC1)C(F)(F)F. The molecular weight excluding hydrogens is 285 g/mol. The summed E-state index contributed by atoms with van der Waals surface area (Å²) in [5.74, 6) is -2.18. The first-order chi connectivity index (χ1) is 9.80. The Labute approximate surface area is 120 Å². The van der Waals surface area contributed by atoms with E-state index in [9.17, 15) is 23.5 Å². The molecule has 0 aromatic carbocycles. The van der Waals surface area contributed by atoms with Crippen LogP contribution in [0.1, 0.15) is 18.7 Å². The quantitative estimate of drug-likeness (QED) is 0.913. The minimum Gasteiger partial charge on any atom is -0.373 e. The lowest BCUT2D eigenvalue weighted by molar-refractivity contribution is -0.285. The summed E-state index contributed by atoms with van der Waals surface area (Å²) in [6.45, 7) is 1.17. The lowest BCUT2D eigenvalue weighted by Gasteiger charge is -2.35. The van der Waals surface area contributed by atoms with Crippen molar-refractivity contribution in [3.8, 4) is 6.07 Å². The van der Waals surface area contributed by atoms with Crippen LogP contribution < -0.4 is 0 Å². The van der Waals surface area contributed by atoms with E-state index in [4.69, 9.17) is 0 Å².